The molecule has 0 aliphatic carbocycles. The number of halogens is 1. The van der Waals surface area contributed by atoms with Crippen LogP contribution in [0.5, 0.6) is 0 Å². The average molecular weight is 424 g/mol. The number of aryl methyl sites for hydroxylation is 1. The van der Waals surface area contributed by atoms with Gasteiger partial charge in [0, 0.05) is 41.0 Å². The molecule has 0 spiro atoms. The topological polar surface area (TPSA) is 104 Å². The molecule has 0 unspecified atom stereocenters. The molecular weight excluding hydrogens is 406 g/mol. The molecule has 4 rings (SSSR count). The number of nitrogens with one attached hydrogen (secondary N) is 1. The zero-order valence-corrected chi connectivity index (χ0v) is 16.7. The number of pyridine rings is 1. The van der Waals surface area contributed by atoms with Gasteiger partial charge < -0.3 is 20.1 Å². The summed E-state index contributed by atoms with van der Waals surface area (Å²) in [4.78, 5) is 28.1. The fourth-order valence-electron chi connectivity index (χ4n) is 3.59. The summed E-state index contributed by atoms with van der Waals surface area (Å²) in [7, 11) is 1.90. The van der Waals surface area contributed by atoms with E-state index >= 15 is 0 Å². The van der Waals surface area contributed by atoms with Gasteiger partial charge in [-0.1, -0.05) is 29.8 Å². The maximum Gasteiger partial charge on any atom is 0.339 e. The summed E-state index contributed by atoms with van der Waals surface area (Å²) in [5.41, 5.74) is 2.23. The number of carboxylic acids is 2. The van der Waals surface area contributed by atoms with Gasteiger partial charge in [0.15, 0.2) is 0 Å². The summed E-state index contributed by atoms with van der Waals surface area (Å²) >= 11 is 5.99. The van der Waals surface area contributed by atoms with E-state index in [1.165, 1.54) is 6.07 Å². The molecule has 0 saturated heterocycles. The van der Waals surface area contributed by atoms with Gasteiger partial charge in [-0.2, -0.15) is 0 Å². The molecule has 0 radical (unpaired) electrons. The van der Waals surface area contributed by atoms with E-state index in [9.17, 15) is 19.8 Å². The minimum Gasteiger partial charge on any atom is -0.480 e. The highest BCUT2D eigenvalue weighted by Crippen LogP contribution is 2.26. The van der Waals surface area contributed by atoms with Crippen LogP contribution < -0.4 is 5.32 Å². The number of rotatable bonds is 6. The van der Waals surface area contributed by atoms with Crippen LogP contribution in [-0.4, -0.2) is 37.7 Å². The molecule has 0 bridgehead atoms. The molecule has 2 aromatic carbocycles. The van der Waals surface area contributed by atoms with E-state index in [1.54, 1.807) is 18.2 Å². The Balaban J connectivity index is 1.73. The molecule has 0 fully saturated rings. The molecule has 30 heavy (non-hydrogen) atoms. The Kier molecular flexibility index (Phi) is 5.05. The van der Waals surface area contributed by atoms with E-state index < -0.39 is 18.0 Å². The van der Waals surface area contributed by atoms with Crippen LogP contribution in [0.25, 0.3) is 21.8 Å². The number of aromatic carboxylic acids is 1. The normalized spacial score (nSPS) is 12.2. The first-order valence-electron chi connectivity index (χ1n) is 9.19. The molecule has 0 saturated carbocycles. The lowest BCUT2D eigenvalue weighted by molar-refractivity contribution is -0.137. The molecule has 4 aromatic rings. The molecular formula is C22H18ClN3O4. The molecule has 0 aliphatic heterocycles. The van der Waals surface area contributed by atoms with E-state index in [-0.39, 0.29) is 17.8 Å². The van der Waals surface area contributed by atoms with Crippen molar-refractivity contribution in [2.24, 2.45) is 7.05 Å². The van der Waals surface area contributed by atoms with Gasteiger partial charge in [0.1, 0.15) is 17.4 Å². The van der Waals surface area contributed by atoms with Gasteiger partial charge in [-0.3, -0.25) is 0 Å². The second-order valence-electron chi connectivity index (χ2n) is 7.05. The monoisotopic (exact) mass is 423 g/mol. The Labute approximate surface area is 176 Å². The highest BCUT2D eigenvalue weighted by Gasteiger charge is 2.24. The van der Waals surface area contributed by atoms with Gasteiger partial charge in [-0.25, -0.2) is 14.6 Å². The van der Waals surface area contributed by atoms with E-state index in [2.05, 4.69) is 10.3 Å². The van der Waals surface area contributed by atoms with Crippen molar-refractivity contribution in [2.45, 2.75) is 12.5 Å². The number of nitrogens with zero attached hydrogens (tertiary/aromatic N) is 2. The summed E-state index contributed by atoms with van der Waals surface area (Å²) in [5, 5.41) is 24.2. The van der Waals surface area contributed by atoms with Crippen LogP contribution in [0.1, 0.15) is 15.9 Å². The number of hydrogen-bond acceptors (Lipinski definition) is 4. The van der Waals surface area contributed by atoms with Gasteiger partial charge in [-0.15, -0.1) is 0 Å². The van der Waals surface area contributed by atoms with Crippen LogP contribution in [0, 0.1) is 0 Å². The van der Waals surface area contributed by atoms with Crippen LogP contribution in [0.3, 0.4) is 0 Å². The van der Waals surface area contributed by atoms with Gasteiger partial charge in [-0.05, 0) is 35.9 Å². The second kappa shape index (κ2) is 7.68. The smallest absolute Gasteiger partial charge is 0.339 e. The number of aromatic nitrogens is 2. The highest BCUT2D eigenvalue weighted by molar-refractivity contribution is 6.31. The molecule has 0 aliphatic rings. The van der Waals surface area contributed by atoms with E-state index in [4.69, 9.17) is 11.6 Å². The van der Waals surface area contributed by atoms with Gasteiger partial charge in [0.25, 0.3) is 0 Å². The average Bonchev–Trinajstić information content (AvgIpc) is 3.02. The van der Waals surface area contributed by atoms with E-state index in [1.807, 2.05) is 42.1 Å². The number of para-hydroxylation sites is 1. The summed E-state index contributed by atoms with van der Waals surface area (Å²) in [6.07, 6.45) is 2.05. The third kappa shape index (κ3) is 3.67. The summed E-state index contributed by atoms with van der Waals surface area (Å²) in [5.74, 6) is -2.30. The van der Waals surface area contributed by atoms with Crippen LogP contribution in [0.2, 0.25) is 5.02 Å². The predicted molar refractivity (Wildman–Crippen MR) is 115 cm³/mol. The lowest BCUT2D eigenvalue weighted by atomic mass is 10.0. The largest absolute Gasteiger partial charge is 0.480 e. The van der Waals surface area contributed by atoms with Crippen molar-refractivity contribution < 1.29 is 19.8 Å². The standard InChI is InChI=1S/C22H18ClN3O4/c1-26-11-13(15-4-2-3-5-19(15)26)10-18(22(29)30)25-20-16(21(27)28)9-12-8-14(23)6-7-17(12)24-20/h2-9,11,18H,10H2,1H3,(H,24,25)(H,27,28)(H,29,30)/t18-/m0/s1. The van der Waals surface area contributed by atoms with Gasteiger partial charge >= 0.3 is 11.9 Å². The van der Waals surface area contributed by atoms with Crippen molar-refractivity contribution in [3.63, 3.8) is 0 Å². The SMILES string of the molecule is Cn1cc(C[C@H](Nc2nc3ccc(Cl)cc3cc2C(=O)O)C(=O)O)c2ccccc21. The molecule has 3 N–H and O–H groups in total. The molecule has 8 heteroatoms. The Morgan fingerprint density at radius 2 is 1.93 bits per heavy atom. The minimum absolute atomic E-state index is 0.00459. The zero-order valence-electron chi connectivity index (χ0n) is 16.0. The van der Waals surface area contributed by atoms with Crippen molar-refractivity contribution in [3.05, 3.63) is 70.9 Å². The summed E-state index contributed by atoms with van der Waals surface area (Å²) in [6.45, 7) is 0. The van der Waals surface area contributed by atoms with Gasteiger partial charge in [0.05, 0.1) is 5.52 Å². The van der Waals surface area contributed by atoms with Crippen LogP contribution >= 0.6 is 11.6 Å². The fraction of sp³-hybridized carbons (Fsp3) is 0.136. The first-order valence-corrected chi connectivity index (χ1v) is 9.57. The summed E-state index contributed by atoms with van der Waals surface area (Å²) in [6, 6.07) is 13.0. The van der Waals surface area contributed by atoms with Crippen LogP contribution in [-0.2, 0) is 18.3 Å². The number of anilines is 1. The number of carbonyl (C=O) groups is 2. The van der Waals surface area contributed by atoms with Crippen molar-refractivity contribution in [1.29, 1.82) is 0 Å². The molecule has 0 amide bonds. The number of carboxylic acid groups (broad SMARTS) is 2. The zero-order chi connectivity index (χ0) is 21.4. The molecule has 1 atom stereocenters. The molecule has 2 aromatic heterocycles. The van der Waals surface area contributed by atoms with E-state index in [0.29, 0.717) is 15.9 Å². The predicted octanol–water partition coefficient (Wildman–Crippen LogP) is 4.19. The van der Waals surface area contributed by atoms with Crippen LogP contribution in [0.15, 0.2) is 54.7 Å². The Hall–Kier alpha value is -3.58. The highest BCUT2D eigenvalue weighted by atomic mass is 35.5. The molecule has 2 heterocycles. The third-order valence-electron chi connectivity index (χ3n) is 5.02. The maximum absolute atomic E-state index is 12.0. The maximum atomic E-state index is 12.0. The lowest BCUT2D eigenvalue weighted by Gasteiger charge is -2.17. The van der Waals surface area contributed by atoms with E-state index in [0.717, 1.165) is 16.5 Å². The quantitative estimate of drug-likeness (QED) is 0.429. The first kappa shape index (κ1) is 19.7. The third-order valence-corrected chi connectivity index (χ3v) is 5.25. The summed E-state index contributed by atoms with van der Waals surface area (Å²) < 4.78 is 1.93. The molecule has 7 nitrogen and oxygen atoms in total. The Morgan fingerprint density at radius 3 is 2.67 bits per heavy atom. The lowest BCUT2D eigenvalue weighted by Crippen LogP contribution is -2.32. The number of benzene rings is 2. The Bertz CT molecular complexity index is 1300. The van der Waals surface area contributed by atoms with Crippen molar-refractivity contribution >= 4 is 51.2 Å². The van der Waals surface area contributed by atoms with Crippen molar-refractivity contribution in [2.75, 3.05) is 5.32 Å². The molecule has 152 valence electrons. The minimum atomic E-state index is -1.21. The number of aliphatic carboxylic acids is 1. The van der Waals surface area contributed by atoms with Gasteiger partial charge in [0.2, 0.25) is 0 Å². The number of fused-ring (bicyclic) bond motifs is 2. The van der Waals surface area contributed by atoms with Crippen LogP contribution in [0.4, 0.5) is 5.82 Å². The first-order chi connectivity index (χ1) is 14.3. The second-order valence-corrected chi connectivity index (χ2v) is 7.48. The number of hydrogen-bond donors (Lipinski definition) is 3. The van der Waals surface area contributed by atoms with Crippen molar-refractivity contribution in [1.82, 2.24) is 9.55 Å². The fourth-order valence-corrected chi connectivity index (χ4v) is 3.77. The Morgan fingerprint density at radius 1 is 1.17 bits per heavy atom. The van der Waals surface area contributed by atoms with Crippen molar-refractivity contribution in [3.8, 4) is 0 Å².